The molecule has 0 aliphatic carbocycles. The van der Waals surface area contributed by atoms with Crippen LogP contribution in [0, 0.1) is 0 Å². The van der Waals surface area contributed by atoms with E-state index in [0.717, 1.165) is 0 Å². The largest absolute Gasteiger partial charge is 0.448 e. The van der Waals surface area contributed by atoms with Crippen LogP contribution in [0.1, 0.15) is 17.4 Å². The smallest absolute Gasteiger partial charge is 0.360 e. The van der Waals surface area contributed by atoms with Gasteiger partial charge in [-0.05, 0) is 19.1 Å². The van der Waals surface area contributed by atoms with Gasteiger partial charge in [-0.15, -0.1) is 0 Å². The van der Waals surface area contributed by atoms with Gasteiger partial charge in [0.15, 0.2) is 17.6 Å². The lowest BCUT2D eigenvalue weighted by molar-refractivity contribution is -0.123. The molecule has 0 saturated carbocycles. The van der Waals surface area contributed by atoms with E-state index >= 15 is 0 Å². The highest BCUT2D eigenvalue weighted by Crippen LogP contribution is 2.23. The van der Waals surface area contributed by atoms with Crippen molar-refractivity contribution in [2.24, 2.45) is 0 Å². The van der Waals surface area contributed by atoms with Crippen LogP contribution >= 0.6 is 23.2 Å². The Labute approximate surface area is 152 Å². The molecule has 0 aliphatic rings. The number of amides is 1. The van der Waals surface area contributed by atoms with E-state index in [2.05, 4.69) is 20.5 Å². The van der Waals surface area contributed by atoms with Crippen LogP contribution in [0.5, 0.6) is 0 Å². The van der Waals surface area contributed by atoms with Crippen molar-refractivity contribution in [1.29, 1.82) is 0 Å². The molecule has 1 aromatic carbocycles. The zero-order valence-electron chi connectivity index (χ0n) is 12.9. The molecule has 1 atom stereocenters. The Bertz CT molecular complexity index is 957. The van der Waals surface area contributed by atoms with Crippen molar-refractivity contribution < 1.29 is 14.3 Å². The second-order valence-corrected chi connectivity index (χ2v) is 5.98. The summed E-state index contributed by atoms with van der Waals surface area (Å²) in [5, 5.41) is 10.3. The molecule has 3 rings (SSSR count). The van der Waals surface area contributed by atoms with Crippen LogP contribution < -0.4 is 5.32 Å². The van der Waals surface area contributed by atoms with Crippen LogP contribution in [0.2, 0.25) is 10.0 Å². The molecule has 0 aliphatic heterocycles. The molecular formula is C16H12Cl2N4O3. The van der Waals surface area contributed by atoms with Crippen LogP contribution in [0.3, 0.4) is 0 Å². The fourth-order valence-electron chi connectivity index (χ4n) is 2.11. The molecule has 2 aromatic heterocycles. The summed E-state index contributed by atoms with van der Waals surface area (Å²) in [4.78, 5) is 28.3. The molecule has 0 saturated heterocycles. The summed E-state index contributed by atoms with van der Waals surface area (Å²) < 4.78 is 5.17. The molecular weight excluding hydrogens is 367 g/mol. The molecule has 0 fully saturated rings. The number of anilines is 1. The molecule has 2 N–H and O–H groups in total. The molecule has 128 valence electrons. The summed E-state index contributed by atoms with van der Waals surface area (Å²) >= 11 is 11.7. The number of H-pyrrole nitrogens is 1. The Morgan fingerprint density at radius 3 is 2.80 bits per heavy atom. The summed E-state index contributed by atoms with van der Waals surface area (Å²) in [6.45, 7) is 1.44. The number of rotatable bonds is 4. The third kappa shape index (κ3) is 3.72. The minimum absolute atomic E-state index is 0.109. The van der Waals surface area contributed by atoms with Gasteiger partial charge >= 0.3 is 5.97 Å². The predicted molar refractivity (Wildman–Crippen MR) is 93.9 cm³/mol. The van der Waals surface area contributed by atoms with E-state index in [4.69, 9.17) is 27.9 Å². The second kappa shape index (κ2) is 7.08. The third-order valence-electron chi connectivity index (χ3n) is 3.37. The first-order valence-corrected chi connectivity index (χ1v) is 7.97. The topological polar surface area (TPSA) is 97.0 Å². The number of halogens is 2. The normalized spacial score (nSPS) is 12.0. The zero-order chi connectivity index (χ0) is 18.0. The fraction of sp³-hybridized carbons (Fsp3) is 0.125. The van der Waals surface area contributed by atoms with Crippen molar-refractivity contribution in [3.8, 4) is 0 Å². The average Bonchev–Trinajstić information content (AvgIpc) is 3.01. The van der Waals surface area contributed by atoms with E-state index in [0.29, 0.717) is 15.9 Å². The van der Waals surface area contributed by atoms with Gasteiger partial charge in [0.05, 0.1) is 15.6 Å². The van der Waals surface area contributed by atoms with Gasteiger partial charge in [-0.2, -0.15) is 5.10 Å². The van der Waals surface area contributed by atoms with Gasteiger partial charge < -0.3 is 10.1 Å². The number of hydrogen-bond acceptors (Lipinski definition) is 5. The van der Waals surface area contributed by atoms with E-state index in [-0.39, 0.29) is 16.5 Å². The van der Waals surface area contributed by atoms with Crippen molar-refractivity contribution in [3.05, 3.63) is 52.3 Å². The van der Waals surface area contributed by atoms with Crippen LogP contribution in [-0.4, -0.2) is 33.2 Å². The first kappa shape index (κ1) is 17.2. The molecule has 25 heavy (non-hydrogen) atoms. The lowest BCUT2D eigenvalue weighted by Crippen LogP contribution is -2.30. The van der Waals surface area contributed by atoms with Crippen LogP contribution in [-0.2, 0) is 9.53 Å². The van der Waals surface area contributed by atoms with Gasteiger partial charge in [0.1, 0.15) is 0 Å². The van der Waals surface area contributed by atoms with Gasteiger partial charge in [-0.1, -0.05) is 41.4 Å². The maximum absolute atomic E-state index is 12.3. The standard InChI is InChI=1S/C16H12Cl2N4O3/c1-8(15(23)20-14-11(18)6-9(17)7-19-14)25-16(24)13-10-4-2-3-5-12(10)21-22-13/h2-8H,1H3,(H,21,22)(H,19,20,23)/t8-/m1/s1. The highest BCUT2D eigenvalue weighted by atomic mass is 35.5. The summed E-state index contributed by atoms with van der Waals surface area (Å²) in [7, 11) is 0. The maximum atomic E-state index is 12.3. The van der Waals surface area contributed by atoms with Crippen LogP contribution in [0.4, 0.5) is 5.82 Å². The Balaban J connectivity index is 1.69. The van der Waals surface area contributed by atoms with Crippen molar-refractivity contribution >= 4 is 51.8 Å². The quantitative estimate of drug-likeness (QED) is 0.677. The number of carbonyl (C=O) groups excluding carboxylic acids is 2. The Morgan fingerprint density at radius 2 is 2.04 bits per heavy atom. The maximum Gasteiger partial charge on any atom is 0.360 e. The Morgan fingerprint density at radius 1 is 1.28 bits per heavy atom. The molecule has 0 unspecified atom stereocenters. The highest BCUT2D eigenvalue weighted by molar-refractivity contribution is 6.36. The summed E-state index contributed by atoms with van der Waals surface area (Å²) in [6.07, 6.45) is 0.270. The first-order valence-electron chi connectivity index (χ1n) is 7.21. The summed E-state index contributed by atoms with van der Waals surface area (Å²) in [6, 6.07) is 8.55. The second-order valence-electron chi connectivity index (χ2n) is 5.14. The number of carbonyl (C=O) groups is 2. The molecule has 3 aromatic rings. The van der Waals surface area contributed by atoms with E-state index < -0.39 is 18.0 Å². The van der Waals surface area contributed by atoms with Gasteiger partial charge in [0, 0.05) is 11.6 Å². The predicted octanol–water partition coefficient (Wildman–Crippen LogP) is 3.45. The number of nitrogens with zero attached hydrogens (tertiary/aromatic N) is 2. The number of esters is 1. The number of benzene rings is 1. The van der Waals surface area contributed by atoms with E-state index in [1.165, 1.54) is 19.2 Å². The SMILES string of the molecule is C[C@@H](OC(=O)c1n[nH]c2ccccc12)C(=O)Nc1ncc(Cl)cc1Cl. The number of aromatic amines is 1. The minimum atomic E-state index is -1.07. The zero-order valence-corrected chi connectivity index (χ0v) is 14.4. The van der Waals surface area contributed by atoms with Gasteiger partial charge in [0.2, 0.25) is 0 Å². The fourth-order valence-corrected chi connectivity index (χ4v) is 2.54. The number of pyridine rings is 1. The van der Waals surface area contributed by atoms with Crippen molar-refractivity contribution in [2.45, 2.75) is 13.0 Å². The lowest BCUT2D eigenvalue weighted by Gasteiger charge is -2.13. The third-order valence-corrected chi connectivity index (χ3v) is 3.86. The van der Waals surface area contributed by atoms with E-state index in [1.807, 2.05) is 6.07 Å². The van der Waals surface area contributed by atoms with E-state index in [1.54, 1.807) is 18.2 Å². The molecule has 9 heteroatoms. The average molecular weight is 379 g/mol. The van der Waals surface area contributed by atoms with Crippen molar-refractivity contribution in [1.82, 2.24) is 15.2 Å². The van der Waals surface area contributed by atoms with Gasteiger partial charge in [0.25, 0.3) is 5.91 Å². The monoisotopic (exact) mass is 378 g/mol. The van der Waals surface area contributed by atoms with Gasteiger partial charge in [-0.25, -0.2) is 9.78 Å². The molecule has 0 bridgehead atoms. The van der Waals surface area contributed by atoms with Crippen LogP contribution in [0.15, 0.2) is 36.5 Å². The van der Waals surface area contributed by atoms with Crippen molar-refractivity contribution in [3.63, 3.8) is 0 Å². The first-order chi connectivity index (χ1) is 12.0. The lowest BCUT2D eigenvalue weighted by atomic mass is 10.2. The number of aromatic nitrogens is 3. The summed E-state index contributed by atoms with van der Waals surface area (Å²) in [5.41, 5.74) is 0.807. The number of nitrogens with one attached hydrogen (secondary N) is 2. The molecule has 0 radical (unpaired) electrons. The Kier molecular flexibility index (Phi) is 4.87. The molecule has 0 spiro atoms. The van der Waals surface area contributed by atoms with Gasteiger partial charge in [-0.3, -0.25) is 9.89 Å². The Hall–Kier alpha value is -2.64. The van der Waals surface area contributed by atoms with E-state index in [9.17, 15) is 9.59 Å². The number of fused-ring (bicyclic) bond motifs is 1. The van der Waals surface area contributed by atoms with Crippen LogP contribution in [0.25, 0.3) is 10.9 Å². The summed E-state index contributed by atoms with van der Waals surface area (Å²) in [5.74, 6) is -1.16. The minimum Gasteiger partial charge on any atom is -0.448 e. The van der Waals surface area contributed by atoms with Crippen molar-refractivity contribution in [2.75, 3.05) is 5.32 Å². The number of ether oxygens (including phenoxy) is 1. The molecule has 7 nitrogen and oxygen atoms in total. The highest BCUT2D eigenvalue weighted by Gasteiger charge is 2.23. The number of para-hydroxylation sites is 1. The molecule has 2 heterocycles. The number of hydrogen-bond donors (Lipinski definition) is 2. The molecule has 1 amide bonds.